The minimum atomic E-state index is -4.37. The summed E-state index contributed by atoms with van der Waals surface area (Å²) in [6.07, 6.45) is 7.05. The van der Waals surface area contributed by atoms with Crippen LogP contribution >= 0.6 is 0 Å². The van der Waals surface area contributed by atoms with Crippen molar-refractivity contribution in [2.45, 2.75) is 81.3 Å². The molecule has 3 saturated heterocycles. The average Bonchev–Trinajstić information content (AvgIpc) is 3.68. The third-order valence-electron chi connectivity index (χ3n) is 10.6. The first-order valence-corrected chi connectivity index (χ1v) is 16.1. The number of rotatable bonds is 5. The maximum atomic E-state index is 13.7. The van der Waals surface area contributed by atoms with Crippen molar-refractivity contribution in [3.05, 3.63) is 72.3 Å². The number of pyridine rings is 1. The van der Waals surface area contributed by atoms with E-state index in [1.54, 1.807) is 30.7 Å². The molecule has 0 spiro atoms. The number of benzene rings is 1. The summed E-state index contributed by atoms with van der Waals surface area (Å²) >= 11 is 0. The lowest BCUT2D eigenvalue weighted by Crippen LogP contribution is -2.48. The number of fused-ring (bicyclic) bond motifs is 1. The van der Waals surface area contributed by atoms with Gasteiger partial charge >= 0.3 is 6.18 Å². The van der Waals surface area contributed by atoms with Gasteiger partial charge in [-0.3, -0.25) is 14.7 Å². The van der Waals surface area contributed by atoms with Gasteiger partial charge < -0.3 is 14.9 Å². The largest absolute Gasteiger partial charge is 0.416 e. The monoisotopic (exact) mass is 620 g/mol. The second-order valence-electron chi connectivity index (χ2n) is 13.1. The number of hydrogen-bond acceptors (Lipinski definition) is 7. The number of carbonyl (C=O) groups is 1. The molecule has 1 saturated carbocycles. The van der Waals surface area contributed by atoms with Gasteiger partial charge in [-0.05, 0) is 87.8 Å². The molecule has 4 fully saturated rings. The highest BCUT2D eigenvalue weighted by molar-refractivity contribution is 5.80. The van der Waals surface area contributed by atoms with Crippen molar-refractivity contribution in [2.75, 3.05) is 31.1 Å². The van der Waals surface area contributed by atoms with Gasteiger partial charge in [0.05, 0.1) is 11.3 Å². The fourth-order valence-corrected chi connectivity index (χ4v) is 8.16. The molecule has 4 aliphatic rings. The normalized spacial score (nSPS) is 28.0. The molecule has 0 bridgehead atoms. The highest BCUT2D eigenvalue weighted by atomic mass is 19.4. The number of nitrogens with zero attached hydrogens (tertiary/aromatic N) is 6. The van der Waals surface area contributed by atoms with Gasteiger partial charge in [0.1, 0.15) is 5.60 Å². The lowest BCUT2D eigenvalue weighted by Gasteiger charge is -2.41. The topological polar surface area (TPSA) is 85.7 Å². The quantitative estimate of drug-likeness (QED) is 0.416. The fourth-order valence-electron chi connectivity index (χ4n) is 8.16. The van der Waals surface area contributed by atoms with Crippen LogP contribution in [0.15, 0.2) is 61.1 Å². The van der Waals surface area contributed by atoms with Gasteiger partial charge in [0, 0.05) is 80.1 Å². The molecule has 2 unspecified atom stereocenters. The van der Waals surface area contributed by atoms with Crippen molar-refractivity contribution in [3.63, 3.8) is 0 Å². The summed E-state index contributed by atoms with van der Waals surface area (Å²) < 4.78 is 39.6. The molecule has 3 aromatic rings. The Kier molecular flexibility index (Phi) is 8.02. The van der Waals surface area contributed by atoms with Crippen molar-refractivity contribution in [1.82, 2.24) is 24.8 Å². The molecule has 0 radical (unpaired) electrons. The minimum absolute atomic E-state index is 0.0862. The maximum Gasteiger partial charge on any atom is 0.416 e. The Labute approximate surface area is 261 Å². The van der Waals surface area contributed by atoms with E-state index in [1.165, 1.54) is 12.1 Å². The zero-order valence-corrected chi connectivity index (χ0v) is 25.2. The lowest BCUT2D eigenvalue weighted by molar-refractivity contribution is -0.138. The Morgan fingerprint density at radius 1 is 0.844 bits per heavy atom. The van der Waals surface area contributed by atoms with Gasteiger partial charge in [-0.2, -0.15) is 13.2 Å². The van der Waals surface area contributed by atoms with Crippen LogP contribution in [0.5, 0.6) is 0 Å². The van der Waals surface area contributed by atoms with Crippen LogP contribution in [0.3, 0.4) is 0 Å². The molecular weight excluding hydrogens is 581 g/mol. The number of aromatic nitrogens is 3. The smallest absolute Gasteiger partial charge is 0.384 e. The SMILES string of the molecule is O=C(C1CCN(c2cccc(C(F)(F)F)c2)CC1)N1CCC2C1CCN2C1CCC(O)(c2ccc(-c3ncccn3)cn2)CC1. The average molecular weight is 621 g/mol. The molecule has 2 atom stereocenters. The summed E-state index contributed by atoms with van der Waals surface area (Å²) in [5.74, 6) is 0.735. The zero-order chi connectivity index (χ0) is 31.2. The molecule has 1 aliphatic carbocycles. The Balaban J connectivity index is 0.924. The number of hydrogen-bond donors (Lipinski definition) is 1. The second-order valence-corrected chi connectivity index (χ2v) is 13.1. The van der Waals surface area contributed by atoms with Gasteiger partial charge in [0.2, 0.25) is 5.91 Å². The van der Waals surface area contributed by atoms with E-state index >= 15 is 0 Å². The first-order valence-electron chi connectivity index (χ1n) is 16.1. The zero-order valence-electron chi connectivity index (χ0n) is 25.2. The third-order valence-corrected chi connectivity index (χ3v) is 10.6. The highest BCUT2D eigenvalue weighted by Gasteiger charge is 2.49. The van der Waals surface area contributed by atoms with E-state index in [9.17, 15) is 23.1 Å². The number of anilines is 1. The van der Waals surface area contributed by atoms with Gasteiger partial charge in [0.15, 0.2) is 5.82 Å². The Morgan fingerprint density at radius 2 is 1.58 bits per heavy atom. The molecule has 2 aromatic heterocycles. The van der Waals surface area contributed by atoms with Gasteiger partial charge in [-0.25, -0.2) is 9.97 Å². The summed E-state index contributed by atoms with van der Waals surface area (Å²) in [6.45, 7) is 2.87. The van der Waals surface area contributed by atoms with Crippen LogP contribution < -0.4 is 4.90 Å². The predicted octanol–water partition coefficient (Wildman–Crippen LogP) is 5.28. The van der Waals surface area contributed by atoms with Crippen molar-refractivity contribution in [1.29, 1.82) is 0 Å². The molecule has 1 aromatic carbocycles. The number of likely N-dealkylation sites (tertiary alicyclic amines) is 2. The summed E-state index contributed by atoms with van der Waals surface area (Å²) in [5, 5.41) is 11.5. The van der Waals surface area contributed by atoms with Crippen molar-refractivity contribution in [3.8, 4) is 11.4 Å². The first kappa shape index (κ1) is 30.1. The van der Waals surface area contributed by atoms with Crippen molar-refractivity contribution >= 4 is 11.6 Å². The number of aliphatic hydroxyl groups is 1. The van der Waals surface area contributed by atoms with E-state index < -0.39 is 17.3 Å². The number of alkyl halides is 3. The van der Waals surface area contributed by atoms with E-state index in [4.69, 9.17) is 0 Å². The van der Waals surface area contributed by atoms with E-state index in [1.807, 2.05) is 17.0 Å². The van der Waals surface area contributed by atoms with Crippen LogP contribution in [0, 0.1) is 5.92 Å². The van der Waals surface area contributed by atoms with Gasteiger partial charge in [-0.1, -0.05) is 6.07 Å². The molecule has 238 valence electrons. The van der Waals surface area contributed by atoms with Crippen LogP contribution in [0.25, 0.3) is 11.4 Å². The van der Waals surface area contributed by atoms with Crippen LogP contribution in [0.4, 0.5) is 18.9 Å². The van der Waals surface area contributed by atoms with E-state index in [-0.39, 0.29) is 17.9 Å². The maximum absolute atomic E-state index is 13.7. The van der Waals surface area contributed by atoms with Crippen LogP contribution in [0.1, 0.15) is 62.6 Å². The van der Waals surface area contributed by atoms with Crippen LogP contribution in [-0.2, 0) is 16.6 Å². The number of carbonyl (C=O) groups excluding carboxylic acids is 1. The van der Waals surface area contributed by atoms with Crippen molar-refractivity contribution in [2.24, 2.45) is 5.92 Å². The van der Waals surface area contributed by atoms with E-state index in [0.29, 0.717) is 68.1 Å². The molecule has 3 aliphatic heterocycles. The Morgan fingerprint density at radius 3 is 2.27 bits per heavy atom. The standard InChI is InChI=1S/C34H39F3N6O2/c35-34(36,37)25-3-1-4-27(21-25)41-17-9-23(10-18-41)32(44)43-20-12-28-29(43)11-19-42(28)26-7-13-33(45,14-8-26)30-6-5-24(22-40-30)31-38-15-2-16-39-31/h1-6,15-16,21-23,26,28-29,45H,7-14,17-20H2. The third kappa shape index (κ3) is 5.92. The molecular formula is C34H39F3N6O2. The van der Waals surface area contributed by atoms with E-state index in [0.717, 1.165) is 50.4 Å². The minimum Gasteiger partial charge on any atom is -0.384 e. The molecule has 5 heterocycles. The molecule has 1 amide bonds. The lowest BCUT2D eigenvalue weighted by atomic mass is 9.79. The number of amides is 1. The van der Waals surface area contributed by atoms with Crippen LogP contribution in [-0.4, -0.2) is 80.1 Å². The number of halogens is 3. The highest BCUT2D eigenvalue weighted by Crippen LogP contribution is 2.43. The summed E-state index contributed by atoms with van der Waals surface area (Å²) in [6, 6.07) is 12.0. The molecule has 11 heteroatoms. The molecule has 7 rings (SSSR count). The summed E-state index contributed by atoms with van der Waals surface area (Å²) in [7, 11) is 0. The fraction of sp³-hybridized carbons (Fsp3) is 0.529. The predicted molar refractivity (Wildman–Crippen MR) is 163 cm³/mol. The Hall–Kier alpha value is -3.57. The van der Waals surface area contributed by atoms with Crippen LogP contribution in [0.2, 0.25) is 0 Å². The van der Waals surface area contributed by atoms with Gasteiger partial charge in [0.25, 0.3) is 0 Å². The first-order chi connectivity index (χ1) is 21.7. The molecule has 45 heavy (non-hydrogen) atoms. The van der Waals surface area contributed by atoms with Crippen molar-refractivity contribution < 1.29 is 23.1 Å². The number of piperidine rings is 1. The summed E-state index contributed by atoms with van der Waals surface area (Å²) in [5.41, 5.74) is 0.488. The Bertz CT molecular complexity index is 1490. The van der Waals surface area contributed by atoms with E-state index in [2.05, 4.69) is 24.8 Å². The second kappa shape index (κ2) is 12.0. The molecule has 8 nitrogen and oxygen atoms in total. The molecule has 1 N–H and O–H groups in total. The summed E-state index contributed by atoms with van der Waals surface area (Å²) in [4.78, 5) is 33.5. The van der Waals surface area contributed by atoms with Gasteiger partial charge in [-0.15, -0.1) is 0 Å².